The Balaban J connectivity index is 1.82. The van der Waals surface area contributed by atoms with E-state index in [1.54, 1.807) is 14.2 Å². The van der Waals surface area contributed by atoms with E-state index in [2.05, 4.69) is 19.2 Å². The van der Waals surface area contributed by atoms with Gasteiger partial charge in [0.2, 0.25) is 0 Å². The molecule has 6 heteroatoms. The van der Waals surface area contributed by atoms with Crippen LogP contribution in [-0.4, -0.2) is 32.1 Å². The molecule has 1 atom stereocenters. The van der Waals surface area contributed by atoms with Crippen LogP contribution in [0.3, 0.4) is 0 Å². The number of carbonyl (C=O) groups is 2. The highest BCUT2D eigenvalue weighted by Gasteiger charge is 2.44. The quantitative estimate of drug-likeness (QED) is 0.451. The van der Waals surface area contributed by atoms with Crippen LogP contribution in [0.2, 0.25) is 0 Å². The van der Waals surface area contributed by atoms with Crippen LogP contribution in [0.5, 0.6) is 11.5 Å². The second kappa shape index (κ2) is 9.85. The van der Waals surface area contributed by atoms with E-state index >= 15 is 0 Å². The van der Waals surface area contributed by atoms with Crippen molar-refractivity contribution in [3.8, 4) is 11.5 Å². The number of rotatable bonds is 5. The van der Waals surface area contributed by atoms with E-state index in [4.69, 9.17) is 14.2 Å². The van der Waals surface area contributed by atoms with E-state index in [0.29, 0.717) is 29.1 Å². The summed E-state index contributed by atoms with van der Waals surface area (Å²) >= 11 is 0. The summed E-state index contributed by atoms with van der Waals surface area (Å²) in [7, 11) is 3.21. The van der Waals surface area contributed by atoms with Crippen LogP contribution in [0.1, 0.15) is 83.6 Å². The topological polar surface area (TPSA) is 73.9 Å². The molecule has 0 amide bonds. The van der Waals surface area contributed by atoms with Crippen LogP contribution in [-0.2, 0) is 14.3 Å². The Labute approximate surface area is 202 Å². The first-order valence-corrected chi connectivity index (χ1v) is 12.4. The van der Waals surface area contributed by atoms with Crippen LogP contribution in [0, 0.1) is 5.41 Å². The van der Waals surface area contributed by atoms with Gasteiger partial charge in [0.15, 0.2) is 5.78 Å². The fourth-order valence-corrected chi connectivity index (χ4v) is 5.66. The lowest BCUT2D eigenvalue weighted by molar-refractivity contribution is -0.145. The minimum atomic E-state index is -0.567. The fourth-order valence-electron chi connectivity index (χ4n) is 5.66. The number of ether oxygens (including phenoxy) is 3. The van der Waals surface area contributed by atoms with Crippen LogP contribution in [0.15, 0.2) is 40.7 Å². The van der Waals surface area contributed by atoms with E-state index in [1.165, 1.54) is 12.8 Å². The second-order valence-electron chi connectivity index (χ2n) is 10.6. The zero-order valence-electron chi connectivity index (χ0n) is 21.1. The maximum atomic E-state index is 13.7. The molecule has 1 heterocycles. The molecular formula is C28H37NO5. The Morgan fingerprint density at radius 3 is 2.38 bits per heavy atom. The number of ketones is 1. The molecule has 0 spiro atoms. The predicted molar refractivity (Wildman–Crippen MR) is 131 cm³/mol. The third-order valence-electron chi connectivity index (χ3n) is 7.28. The third-order valence-corrected chi connectivity index (χ3v) is 7.28. The van der Waals surface area contributed by atoms with Crippen LogP contribution in [0.25, 0.3) is 0 Å². The van der Waals surface area contributed by atoms with Crippen LogP contribution in [0.4, 0.5) is 0 Å². The smallest absolute Gasteiger partial charge is 0.337 e. The third kappa shape index (κ3) is 4.86. The van der Waals surface area contributed by atoms with Crippen molar-refractivity contribution in [1.29, 1.82) is 0 Å². The molecule has 1 fully saturated rings. The standard InChI is InChI=1S/C28H37NO5/c1-17-24(27(31)34-18-10-8-6-7-9-11-18)25(20-14-19(32-4)12-13-23(20)33-5)26-21(29-17)15-28(2,3)16-22(26)30/h12-14,18,25,29H,6-11,15-16H2,1-5H3. The van der Waals surface area contributed by atoms with Crippen molar-refractivity contribution in [2.75, 3.05) is 14.2 Å². The first kappa shape index (κ1) is 24.4. The zero-order valence-corrected chi connectivity index (χ0v) is 21.1. The van der Waals surface area contributed by atoms with E-state index in [-0.39, 0.29) is 23.3 Å². The van der Waals surface area contributed by atoms with Crippen molar-refractivity contribution >= 4 is 11.8 Å². The summed E-state index contributed by atoms with van der Waals surface area (Å²) in [6.07, 6.45) is 7.37. The van der Waals surface area contributed by atoms with Crippen LogP contribution < -0.4 is 14.8 Å². The number of benzene rings is 1. The van der Waals surface area contributed by atoms with Crippen molar-refractivity contribution in [3.05, 3.63) is 46.3 Å². The molecule has 1 unspecified atom stereocenters. The largest absolute Gasteiger partial charge is 0.497 e. The molecule has 0 aromatic heterocycles. The fraction of sp³-hybridized carbons (Fsp3) is 0.571. The van der Waals surface area contributed by atoms with Gasteiger partial charge in [-0.2, -0.15) is 0 Å². The van der Waals surface area contributed by atoms with Gasteiger partial charge in [-0.05, 0) is 62.6 Å². The number of hydrogen-bond acceptors (Lipinski definition) is 6. The van der Waals surface area contributed by atoms with Gasteiger partial charge in [-0.15, -0.1) is 0 Å². The lowest BCUT2D eigenvalue weighted by Gasteiger charge is -2.40. The second-order valence-corrected chi connectivity index (χ2v) is 10.6. The van der Waals surface area contributed by atoms with Gasteiger partial charge in [0.05, 0.1) is 25.7 Å². The average molecular weight is 468 g/mol. The molecule has 1 aliphatic heterocycles. The molecule has 4 rings (SSSR count). The van der Waals surface area contributed by atoms with Gasteiger partial charge in [0.1, 0.15) is 17.6 Å². The Bertz CT molecular complexity index is 1030. The lowest BCUT2D eigenvalue weighted by atomic mass is 9.68. The van der Waals surface area contributed by atoms with Gasteiger partial charge in [-0.25, -0.2) is 4.79 Å². The van der Waals surface area contributed by atoms with Gasteiger partial charge in [0, 0.05) is 29.0 Å². The summed E-state index contributed by atoms with van der Waals surface area (Å²) in [5, 5.41) is 3.42. The van der Waals surface area contributed by atoms with Crippen molar-refractivity contribution < 1.29 is 23.8 Å². The number of carbonyl (C=O) groups excluding carboxylic acids is 2. The monoisotopic (exact) mass is 467 g/mol. The summed E-state index contributed by atoms with van der Waals surface area (Å²) in [6.45, 7) is 6.11. The number of methoxy groups -OCH3 is 2. The highest BCUT2D eigenvalue weighted by atomic mass is 16.5. The summed E-state index contributed by atoms with van der Waals surface area (Å²) in [5.41, 5.74) is 3.35. The lowest BCUT2D eigenvalue weighted by Crippen LogP contribution is -2.39. The van der Waals surface area contributed by atoms with E-state index in [9.17, 15) is 9.59 Å². The van der Waals surface area contributed by atoms with Gasteiger partial charge >= 0.3 is 5.97 Å². The summed E-state index contributed by atoms with van der Waals surface area (Å²) in [4.78, 5) is 27.3. The molecule has 184 valence electrons. The van der Waals surface area contributed by atoms with E-state index in [0.717, 1.165) is 49.1 Å². The maximum Gasteiger partial charge on any atom is 0.337 e. The van der Waals surface area contributed by atoms with Crippen LogP contribution >= 0.6 is 0 Å². The Morgan fingerprint density at radius 2 is 1.74 bits per heavy atom. The molecule has 2 aliphatic carbocycles. The minimum Gasteiger partial charge on any atom is -0.497 e. The molecule has 0 saturated heterocycles. The summed E-state index contributed by atoms with van der Waals surface area (Å²) in [6, 6.07) is 5.53. The number of esters is 1. The number of allylic oxidation sites excluding steroid dienone is 3. The zero-order chi connectivity index (χ0) is 24.5. The first-order chi connectivity index (χ1) is 16.2. The highest BCUT2D eigenvalue weighted by molar-refractivity contribution is 6.04. The molecule has 1 aromatic carbocycles. The summed E-state index contributed by atoms with van der Waals surface area (Å²) < 4.78 is 17.3. The number of hydrogen-bond donors (Lipinski definition) is 1. The van der Waals surface area contributed by atoms with Crippen molar-refractivity contribution in [2.45, 2.75) is 84.2 Å². The molecule has 3 aliphatic rings. The number of dihydropyridines is 1. The predicted octanol–water partition coefficient (Wildman–Crippen LogP) is 5.57. The summed E-state index contributed by atoms with van der Waals surface area (Å²) in [5.74, 6) is 0.402. The van der Waals surface area contributed by atoms with Gasteiger partial charge in [-0.1, -0.05) is 26.7 Å². The molecule has 34 heavy (non-hydrogen) atoms. The SMILES string of the molecule is COc1ccc(OC)c(C2C(C(=O)OC3CCCCCC3)=C(C)NC3=C2C(=O)CC(C)(C)C3)c1. The van der Waals surface area contributed by atoms with E-state index in [1.807, 2.05) is 25.1 Å². The highest BCUT2D eigenvalue weighted by Crippen LogP contribution is 2.49. The molecular weight excluding hydrogens is 430 g/mol. The normalized spacial score (nSPS) is 23.1. The van der Waals surface area contributed by atoms with Crippen molar-refractivity contribution in [2.24, 2.45) is 5.41 Å². The molecule has 6 nitrogen and oxygen atoms in total. The van der Waals surface area contributed by atoms with E-state index < -0.39 is 5.92 Å². The van der Waals surface area contributed by atoms with Gasteiger partial charge in [-0.3, -0.25) is 4.79 Å². The number of nitrogens with one attached hydrogen (secondary N) is 1. The van der Waals surface area contributed by atoms with Gasteiger partial charge in [0.25, 0.3) is 0 Å². The Kier molecular flexibility index (Phi) is 7.06. The minimum absolute atomic E-state index is 0.0564. The molecule has 1 aromatic rings. The number of Topliss-reactive ketones (excluding diaryl/α,β-unsaturated/α-hetero) is 1. The Hall–Kier alpha value is -2.76. The molecule has 0 radical (unpaired) electrons. The Morgan fingerprint density at radius 1 is 1.03 bits per heavy atom. The van der Waals surface area contributed by atoms with Gasteiger partial charge < -0.3 is 19.5 Å². The first-order valence-electron chi connectivity index (χ1n) is 12.4. The van der Waals surface area contributed by atoms with Crippen molar-refractivity contribution in [1.82, 2.24) is 5.32 Å². The molecule has 0 bridgehead atoms. The molecule has 1 N–H and O–H groups in total. The average Bonchev–Trinajstić information content (AvgIpc) is 3.05. The maximum absolute atomic E-state index is 13.7. The molecule has 1 saturated carbocycles. The van der Waals surface area contributed by atoms with Crippen molar-refractivity contribution in [3.63, 3.8) is 0 Å².